The zero-order valence-electron chi connectivity index (χ0n) is 10.8. The first-order valence-corrected chi connectivity index (χ1v) is 7.18. The van der Waals surface area contributed by atoms with Gasteiger partial charge in [-0.25, -0.2) is 0 Å². The molecule has 0 amide bonds. The van der Waals surface area contributed by atoms with Crippen molar-refractivity contribution in [3.8, 4) is 5.75 Å². The normalized spacial score (nSPS) is 10.5. The lowest BCUT2D eigenvalue weighted by atomic mass is 10.3. The second-order valence-corrected chi connectivity index (χ2v) is 5.35. The molecule has 0 saturated carbocycles. The van der Waals surface area contributed by atoms with E-state index in [0.717, 1.165) is 27.4 Å². The van der Waals surface area contributed by atoms with Gasteiger partial charge in [0.2, 0.25) is 0 Å². The zero-order chi connectivity index (χ0) is 13.8. The van der Waals surface area contributed by atoms with E-state index in [-0.39, 0.29) is 0 Å². The van der Waals surface area contributed by atoms with Gasteiger partial charge < -0.3 is 14.5 Å². The lowest BCUT2D eigenvalue weighted by Crippen LogP contribution is -2.03. The quantitative estimate of drug-likeness (QED) is 0.827. The summed E-state index contributed by atoms with van der Waals surface area (Å²) in [4.78, 5) is 0. The van der Waals surface area contributed by atoms with E-state index in [2.05, 4.69) is 21.2 Å². The smallest absolute Gasteiger partial charge is 0.156 e. The molecular weight excluding hydrogens is 330 g/mol. The highest BCUT2D eigenvalue weighted by Gasteiger charge is 2.10. The predicted molar refractivity (Wildman–Crippen MR) is 81.1 cm³/mol. The minimum absolute atomic E-state index is 0.584. The van der Waals surface area contributed by atoms with Crippen molar-refractivity contribution < 1.29 is 9.15 Å². The third-order valence-corrected chi connectivity index (χ3v) is 3.35. The molecule has 0 unspecified atom stereocenters. The number of furan rings is 1. The third-order valence-electron chi connectivity index (χ3n) is 2.55. The first-order valence-electron chi connectivity index (χ1n) is 6.01. The molecule has 1 heterocycles. The SMILES string of the molecule is CCOc1c(Br)cc(Cl)cc1NCc1ccc(C)o1. The largest absolute Gasteiger partial charge is 0.491 e. The summed E-state index contributed by atoms with van der Waals surface area (Å²) < 4.78 is 12.0. The predicted octanol–water partition coefficient (Wildman–Crippen LogP) is 5.01. The first kappa shape index (κ1) is 14.3. The summed E-state index contributed by atoms with van der Waals surface area (Å²) in [5, 5.41) is 3.92. The maximum absolute atomic E-state index is 6.06. The molecule has 0 aliphatic heterocycles. The highest BCUT2D eigenvalue weighted by Crippen LogP contribution is 2.36. The molecule has 2 rings (SSSR count). The molecule has 102 valence electrons. The van der Waals surface area contributed by atoms with Crippen molar-refractivity contribution in [3.63, 3.8) is 0 Å². The fourth-order valence-corrected chi connectivity index (χ4v) is 2.67. The Kier molecular flexibility index (Phi) is 4.77. The summed E-state index contributed by atoms with van der Waals surface area (Å²) in [5.41, 5.74) is 0.843. The highest BCUT2D eigenvalue weighted by molar-refractivity contribution is 9.10. The topological polar surface area (TPSA) is 34.4 Å². The van der Waals surface area contributed by atoms with E-state index in [1.54, 1.807) is 0 Å². The summed E-state index contributed by atoms with van der Waals surface area (Å²) >= 11 is 9.52. The Morgan fingerprint density at radius 3 is 2.79 bits per heavy atom. The van der Waals surface area contributed by atoms with Crippen LogP contribution in [0.25, 0.3) is 0 Å². The van der Waals surface area contributed by atoms with E-state index in [9.17, 15) is 0 Å². The average molecular weight is 345 g/mol. The van der Waals surface area contributed by atoms with Gasteiger partial charge in [-0.3, -0.25) is 0 Å². The van der Waals surface area contributed by atoms with Crippen LogP contribution in [0.15, 0.2) is 33.2 Å². The molecule has 2 aromatic rings. The van der Waals surface area contributed by atoms with Crippen molar-refractivity contribution in [3.05, 3.63) is 45.3 Å². The number of ether oxygens (including phenoxy) is 1. The van der Waals surface area contributed by atoms with Crippen LogP contribution in [0.1, 0.15) is 18.4 Å². The van der Waals surface area contributed by atoms with Crippen molar-refractivity contribution in [1.82, 2.24) is 0 Å². The van der Waals surface area contributed by atoms with Crippen molar-refractivity contribution in [2.45, 2.75) is 20.4 Å². The number of halogens is 2. The molecule has 0 atom stereocenters. The van der Waals surface area contributed by atoms with Crippen molar-refractivity contribution >= 4 is 33.2 Å². The molecule has 1 aromatic carbocycles. The lowest BCUT2D eigenvalue weighted by molar-refractivity contribution is 0.339. The Morgan fingerprint density at radius 1 is 1.37 bits per heavy atom. The summed E-state index contributed by atoms with van der Waals surface area (Å²) in [6, 6.07) is 7.54. The fraction of sp³-hybridized carbons (Fsp3) is 0.286. The van der Waals surface area contributed by atoms with Crippen molar-refractivity contribution in [2.24, 2.45) is 0 Å². The van der Waals surface area contributed by atoms with Gasteiger partial charge in [0.25, 0.3) is 0 Å². The van der Waals surface area contributed by atoms with Crippen LogP contribution in [0.3, 0.4) is 0 Å². The van der Waals surface area contributed by atoms with Gasteiger partial charge in [-0.05, 0) is 54.0 Å². The molecular formula is C14H15BrClNO2. The van der Waals surface area contributed by atoms with E-state index < -0.39 is 0 Å². The average Bonchev–Trinajstić information content (AvgIpc) is 2.76. The molecule has 0 bridgehead atoms. The van der Waals surface area contributed by atoms with E-state index in [1.165, 1.54) is 0 Å². The maximum atomic E-state index is 6.06. The van der Waals surface area contributed by atoms with Crippen molar-refractivity contribution in [2.75, 3.05) is 11.9 Å². The number of nitrogens with one attached hydrogen (secondary N) is 1. The number of rotatable bonds is 5. The van der Waals surface area contributed by atoms with E-state index in [0.29, 0.717) is 18.2 Å². The van der Waals surface area contributed by atoms with Crippen LogP contribution >= 0.6 is 27.5 Å². The number of hydrogen-bond donors (Lipinski definition) is 1. The molecule has 19 heavy (non-hydrogen) atoms. The molecule has 0 radical (unpaired) electrons. The number of aryl methyl sites for hydroxylation is 1. The summed E-state index contributed by atoms with van der Waals surface area (Å²) in [6.07, 6.45) is 0. The first-order chi connectivity index (χ1) is 9.10. The molecule has 0 aliphatic rings. The van der Waals surface area contributed by atoms with E-state index in [1.807, 2.05) is 38.1 Å². The number of hydrogen-bond acceptors (Lipinski definition) is 3. The van der Waals surface area contributed by atoms with Gasteiger partial charge in [-0.2, -0.15) is 0 Å². The highest BCUT2D eigenvalue weighted by atomic mass is 79.9. The maximum Gasteiger partial charge on any atom is 0.156 e. The Morgan fingerprint density at radius 2 is 2.16 bits per heavy atom. The number of anilines is 1. The Labute approximate surface area is 126 Å². The second kappa shape index (κ2) is 6.35. The minimum Gasteiger partial charge on any atom is -0.491 e. The minimum atomic E-state index is 0.584. The zero-order valence-corrected chi connectivity index (χ0v) is 13.1. The van der Waals surface area contributed by atoms with Gasteiger partial charge in [-0.15, -0.1) is 0 Å². The van der Waals surface area contributed by atoms with Gasteiger partial charge >= 0.3 is 0 Å². The number of benzene rings is 1. The van der Waals surface area contributed by atoms with Crippen LogP contribution < -0.4 is 10.1 Å². The molecule has 0 fully saturated rings. The van der Waals surface area contributed by atoms with Crippen LogP contribution in [0, 0.1) is 6.92 Å². The van der Waals surface area contributed by atoms with Gasteiger partial charge in [0.1, 0.15) is 11.5 Å². The van der Waals surface area contributed by atoms with Gasteiger partial charge in [0.05, 0.1) is 23.3 Å². The lowest BCUT2D eigenvalue weighted by Gasteiger charge is -2.14. The molecule has 0 saturated heterocycles. The molecule has 3 nitrogen and oxygen atoms in total. The Hall–Kier alpha value is -1.13. The van der Waals surface area contributed by atoms with Crippen molar-refractivity contribution in [1.29, 1.82) is 0 Å². The summed E-state index contributed by atoms with van der Waals surface area (Å²) in [7, 11) is 0. The molecule has 5 heteroatoms. The van der Waals surface area contributed by atoms with Crippen LogP contribution in [-0.2, 0) is 6.54 Å². The van der Waals surface area contributed by atoms with Gasteiger partial charge in [0.15, 0.2) is 5.75 Å². The summed E-state index contributed by atoms with van der Waals surface area (Å²) in [5.74, 6) is 2.53. The van der Waals surface area contributed by atoms with Crippen LogP contribution in [0.5, 0.6) is 5.75 Å². The summed E-state index contributed by atoms with van der Waals surface area (Å²) in [6.45, 7) is 5.04. The fourth-order valence-electron chi connectivity index (χ4n) is 1.75. The standard InChI is InChI=1S/C14H15BrClNO2/c1-3-18-14-12(15)6-10(16)7-13(14)17-8-11-5-4-9(2)19-11/h4-7,17H,3,8H2,1-2H3. The van der Waals surface area contributed by atoms with Crippen LogP contribution in [-0.4, -0.2) is 6.61 Å². The van der Waals surface area contributed by atoms with Crippen LogP contribution in [0.4, 0.5) is 5.69 Å². The monoisotopic (exact) mass is 343 g/mol. The van der Waals surface area contributed by atoms with Gasteiger partial charge in [0, 0.05) is 5.02 Å². The van der Waals surface area contributed by atoms with Gasteiger partial charge in [-0.1, -0.05) is 11.6 Å². The molecule has 0 spiro atoms. The molecule has 0 aliphatic carbocycles. The second-order valence-electron chi connectivity index (χ2n) is 4.06. The molecule has 1 N–H and O–H groups in total. The Bertz CT molecular complexity index is 569. The van der Waals surface area contributed by atoms with Crippen LogP contribution in [0.2, 0.25) is 5.02 Å². The van der Waals surface area contributed by atoms with E-state index >= 15 is 0 Å². The van der Waals surface area contributed by atoms with E-state index in [4.69, 9.17) is 20.8 Å². The third kappa shape index (κ3) is 3.67. The molecule has 1 aromatic heterocycles. The Balaban J connectivity index is 2.18.